The number of piperazine rings is 1. The van der Waals surface area contributed by atoms with E-state index in [1.54, 1.807) is 0 Å². The van der Waals surface area contributed by atoms with E-state index in [4.69, 9.17) is 11.6 Å². The van der Waals surface area contributed by atoms with Gasteiger partial charge in [0.25, 0.3) is 5.91 Å². The van der Waals surface area contributed by atoms with E-state index in [9.17, 15) is 9.59 Å². The van der Waals surface area contributed by atoms with Crippen LogP contribution in [0.1, 0.15) is 34.6 Å². The van der Waals surface area contributed by atoms with Gasteiger partial charge in [-0.15, -0.1) is 11.3 Å². The Hall–Kier alpha value is -1.92. The molecule has 1 aromatic heterocycles. The smallest absolute Gasteiger partial charge is 0.265 e. The highest BCUT2D eigenvalue weighted by Crippen LogP contribution is 2.31. The molecule has 0 radical (unpaired) electrons. The average Bonchev–Trinajstić information content (AvgIpc) is 3.02. The summed E-state index contributed by atoms with van der Waals surface area (Å²) in [5, 5.41) is 1.50. The van der Waals surface area contributed by atoms with Gasteiger partial charge in [-0.25, -0.2) is 4.98 Å². The summed E-state index contributed by atoms with van der Waals surface area (Å²) in [6.07, 6.45) is 3.20. The number of amides is 2. The molecule has 1 aliphatic heterocycles. The number of aryl methyl sites for hydroxylation is 1. The minimum absolute atomic E-state index is 0.0148. The van der Waals surface area contributed by atoms with Gasteiger partial charge in [0, 0.05) is 42.7 Å². The Morgan fingerprint density at radius 1 is 1.07 bits per heavy atom. The number of carbonyl (C=O) groups excluding carboxylic acids is 2. The summed E-state index contributed by atoms with van der Waals surface area (Å²) < 4.78 is 0. The van der Waals surface area contributed by atoms with Gasteiger partial charge in [0.05, 0.1) is 5.69 Å². The molecule has 4 rings (SSSR count). The molecule has 142 valence electrons. The van der Waals surface area contributed by atoms with E-state index < -0.39 is 0 Å². The largest absolute Gasteiger partial charge is 0.339 e. The zero-order valence-electron chi connectivity index (χ0n) is 15.3. The second-order valence-corrected chi connectivity index (χ2v) is 8.62. The molecule has 27 heavy (non-hydrogen) atoms. The van der Waals surface area contributed by atoms with E-state index in [0.717, 1.165) is 35.5 Å². The van der Waals surface area contributed by atoms with E-state index in [0.29, 0.717) is 36.1 Å². The monoisotopic (exact) mass is 403 g/mol. The fraction of sp³-hybridized carbons (Fsp3) is 0.450. The lowest BCUT2D eigenvalue weighted by Gasteiger charge is -2.38. The number of rotatable bonds is 3. The fourth-order valence-electron chi connectivity index (χ4n) is 3.50. The van der Waals surface area contributed by atoms with Crippen LogP contribution in [0.15, 0.2) is 24.3 Å². The Morgan fingerprint density at radius 2 is 1.70 bits per heavy atom. The molecule has 7 heteroatoms. The molecule has 1 aliphatic carbocycles. The molecule has 0 bridgehead atoms. The van der Waals surface area contributed by atoms with E-state index >= 15 is 0 Å². The summed E-state index contributed by atoms with van der Waals surface area (Å²) in [7, 11) is 0. The summed E-state index contributed by atoms with van der Waals surface area (Å²) in [5.74, 6) is 0.506. The standard InChI is InChI=1S/C20H22ClN3O2S/c1-13-17(27-18(22-13)14-5-7-16(21)8-6-14)20(26)24-11-9-23(10-12-24)19(25)15-3-2-4-15/h5-8,15H,2-4,9-12H2,1H3. The zero-order chi connectivity index (χ0) is 19.0. The van der Waals surface area contributed by atoms with Crippen molar-refractivity contribution in [2.45, 2.75) is 26.2 Å². The molecule has 0 unspecified atom stereocenters. The van der Waals surface area contributed by atoms with Crippen molar-refractivity contribution in [2.24, 2.45) is 5.92 Å². The third-order valence-corrected chi connectivity index (χ3v) is 6.86. The predicted molar refractivity (Wildman–Crippen MR) is 107 cm³/mol. The maximum atomic E-state index is 13.0. The molecule has 0 atom stereocenters. The van der Waals surface area contributed by atoms with Crippen molar-refractivity contribution in [3.8, 4) is 10.6 Å². The Kier molecular flexibility index (Phi) is 5.19. The maximum absolute atomic E-state index is 13.0. The number of aromatic nitrogens is 1. The van der Waals surface area contributed by atoms with Crippen molar-refractivity contribution < 1.29 is 9.59 Å². The molecule has 2 fully saturated rings. The Labute approximate surface area is 167 Å². The molecule has 5 nitrogen and oxygen atoms in total. The molecule has 1 aromatic carbocycles. The van der Waals surface area contributed by atoms with Gasteiger partial charge < -0.3 is 9.80 Å². The highest BCUT2D eigenvalue weighted by atomic mass is 35.5. The van der Waals surface area contributed by atoms with Crippen LogP contribution in [0.25, 0.3) is 10.6 Å². The van der Waals surface area contributed by atoms with Crippen LogP contribution < -0.4 is 0 Å². The van der Waals surface area contributed by atoms with Gasteiger partial charge in [-0.2, -0.15) is 0 Å². The van der Waals surface area contributed by atoms with Crippen LogP contribution in [0.3, 0.4) is 0 Å². The first-order chi connectivity index (χ1) is 13.0. The Bertz CT molecular complexity index is 853. The Morgan fingerprint density at radius 3 is 2.30 bits per heavy atom. The summed E-state index contributed by atoms with van der Waals surface area (Å²) in [6, 6.07) is 7.49. The van der Waals surface area contributed by atoms with E-state index in [1.807, 2.05) is 41.0 Å². The van der Waals surface area contributed by atoms with Gasteiger partial charge in [-0.1, -0.05) is 30.2 Å². The molecule has 0 spiro atoms. The van der Waals surface area contributed by atoms with Crippen molar-refractivity contribution in [1.82, 2.24) is 14.8 Å². The van der Waals surface area contributed by atoms with Crippen LogP contribution in [0, 0.1) is 12.8 Å². The quantitative estimate of drug-likeness (QED) is 0.782. The van der Waals surface area contributed by atoms with Crippen molar-refractivity contribution in [1.29, 1.82) is 0 Å². The first-order valence-electron chi connectivity index (χ1n) is 9.34. The van der Waals surface area contributed by atoms with Crippen LogP contribution >= 0.6 is 22.9 Å². The lowest BCUT2D eigenvalue weighted by atomic mass is 9.84. The van der Waals surface area contributed by atoms with Crippen molar-refractivity contribution in [3.05, 3.63) is 39.9 Å². The van der Waals surface area contributed by atoms with Crippen LogP contribution in [0.4, 0.5) is 0 Å². The number of hydrogen-bond acceptors (Lipinski definition) is 4. The lowest BCUT2D eigenvalue weighted by Crippen LogP contribution is -2.52. The second kappa shape index (κ2) is 7.60. The molecule has 1 saturated heterocycles. The highest BCUT2D eigenvalue weighted by molar-refractivity contribution is 7.17. The van der Waals surface area contributed by atoms with Crippen molar-refractivity contribution in [2.75, 3.05) is 26.2 Å². The number of hydrogen-bond donors (Lipinski definition) is 0. The highest BCUT2D eigenvalue weighted by Gasteiger charge is 2.32. The minimum Gasteiger partial charge on any atom is -0.339 e. The molecule has 2 aliphatic rings. The first kappa shape index (κ1) is 18.4. The molecule has 1 saturated carbocycles. The first-order valence-corrected chi connectivity index (χ1v) is 10.5. The van der Waals surface area contributed by atoms with Crippen LogP contribution in [0.2, 0.25) is 5.02 Å². The third-order valence-electron chi connectivity index (χ3n) is 5.41. The van der Waals surface area contributed by atoms with Gasteiger partial charge >= 0.3 is 0 Å². The average molecular weight is 404 g/mol. The predicted octanol–water partition coefficient (Wildman–Crippen LogP) is 3.86. The number of halogens is 1. The van der Waals surface area contributed by atoms with Gasteiger partial charge in [0.1, 0.15) is 9.88 Å². The van der Waals surface area contributed by atoms with E-state index in [1.165, 1.54) is 11.3 Å². The lowest BCUT2D eigenvalue weighted by molar-refractivity contribution is -0.139. The minimum atomic E-state index is 0.0148. The summed E-state index contributed by atoms with van der Waals surface area (Å²) in [4.78, 5) is 34.4. The van der Waals surface area contributed by atoms with Crippen molar-refractivity contribution >= 4 is 34.8 Å². The Balaban J connectivity index is 1.43. The third kappa shape index (κ3) is 3.73. The zero-order valence-corrected chi connectivity index (χ0v) is 16.9. The normalized spacial score (nSPS) is 17.7. The van der Waals surface area contributed by atoms with E-state index in [2.05, 4.69) is 4.98 Å². The van der Waals surface area contributed by atoms with Crippen LogP contribution in [-0.4, -0.2) is 52.8 Å². The van der Waals surface area contributed by atoms with Gasteiger partial charge in [0.15, 0.2) is 0 Å². The molecule has 2 aromatic rings. The van der Waals surface area contributed by atoms with Gasteiger partial charge in [0.2, 0.25) is 5.91 Å². The van der Waals surface area contributed by atoms with Gasteiger partial charge in [-0.05, 0) is 31.9 Å². The molecule has 0 N–H and O–H groups in total. The second-order valence-electron chi connectivity index (χ2n) is 7.19. The molecular formula is C20H22ClN3O2S. The molecule has 2 heterocycles. The van der Waals surface area contributed by atoms with Crippen LogP contribution in [-0.2, 0) is 4.79 Å². The SMILES string of the molecule is Cc1nc(-c2ccc(Cl)cc2)sc1C(=O)N1CCN(C(=O)C2CCC2)CC1. The van der Waals surface area contributed by atoms with Gasteiger partial charge in [-0.3, -0.25) is 9.59 Å². The fourth-order valence-corrected chi connectivity index (χ4v) is 4.66. The van der Waals surface area contributed by atoms with Crippen LogP contribution in [0.5, 0.6) is 0 Å². The summed E-state index contributed by atoms with van der Waals surface area (Å²) in [5.41, 5.74) is 1.71. The number of carbonyl (C=O) groups is 2. The number of nitrogens with zero attached hydrogens (tertiary/aromatic N) is 3. The van der Waals surface area contributed by atoms with E-state index in [-0.39, 0.29) is 17.7 Å². The number of thiazole rings is 1. The summed E-state index contributed by atoms with van der Waals surface area (Å²) in [6.45, 7) is 4.31. The topological polar surface area (TPSA) is 53.5 Å². The summed E-state index contributed by atoms with van der Waals surface area (Å²) >= 11 is 7.37. The molecule has 2 amide bonds. The number of benzene rings is 1. The van der Waals surface area contributed by atoms with Crippen molar-refractivity contribution in [3.63, 3.8) is 0 Å². The maximum Gasteiger partial charge on any atom is 0.265 e. The molecular weight excluding hydrogens is 382 g/mol.